The van der Waals surface area contributed by atoms with E-state index >= 15 is 0 Å². The number of hydrogen-bond donors (Lipinski definition) is 2. The van der Waals surface area contributed by atoms with Crippen LogP contribution in [0, 0.1) is 0 Å². The summed E-state index contributed by atoms with van der Waals surface area (Å²) >= 11 is 0. The van der Waals surface area contributed by atoms with Crippen LogP contribution >= 0.6 is 0 Å². The summed E-state index contributed by atoms with van der Waals surface area (Å²) in [6.45, 7) is 4.09. The van der Waals surface area contributed by atoms with Crippen molar-refractivity contribution in [3.63, 3.8) is 0 Å². The molecule has 0 bridgehead atoms. The molecule has 1 atom stereocenters. The molecule has 0 aliphatic carbocycles. The molecule has 0 aliphatic rings. The van der Waals surface area contributed by atoms with Crippen LogP contribution < -0.4 is 15.4 Å². The molecule has 1 rings (SSSR count). The molecule has 0 saturated heterocycles. The van der Waals surface area contributed by atoms with Gasteiger partial charge >= 0.3 is 12.2 Å². The van der Waals surface area contributed by atoms with Crippen molar-refractivity contribution in [2.24, 2.45) is 0 Å². The zero-order valence-electron chi connectivity index (χ0n) is 13.8. The van der Waals surface area contributed by atoms with Gasteiger partial charge in [0.25, 0.3) is 0 Å². The molecule has 0 saturated carbocycles. The van der Waals surface area contributed by atoms with Crippen molar-refractivity contribution < 1.29 is 27.4 Å². The molecule has 5 nitrogen and oxygen atoms in total. The van der Waals surface area contributed by atoms with Crippen LogP contribution in [0.3, 0.4) is 0 Å². The molecule has 24 heavy (non-hydrogen) atoms. The topological polar surface area (TPSA) is 59.6 Å². The van der Waals surface area contributed by atoms with Crippen molar-refractivity contribution in [1.82, 2.24) is 10.6 Å². The minimum Gasteiger partial charge on any atom is -0.484 e. The summed E-state index contributed by atoms with van der Waals surface area (Å²) in [7, 11) is 0. The molecule has 0 aliphatic heterocycles. The van der Waals surface area contributed by atoms with Crippen LogP contribution in [-0.2, 0) is 4.74 Å². The van der Waals surface area contributed by atoms with Gasteiger partial charge in [0, 0.05) is 19.8 Å². The monoisotopic (exact) mass is 348 g/mol. The lowest BCUT2D eigenvalue weighted by atomic mass is 10.1. The Labute approximate surface area is 139 Å². The van der Waals surface area contributed by atoms with Gasteiger partial charge in [-0.1, -0.05) is 12.1 Å². The van der Waals surface area contributed by atoms with Gasteiger partial charge in [-0.2, -0.15) is 13.2 Å². The van der Waals surface area contributed by atoms with E-state index in [2.05, 4.69) is 15.4 Å². The maximum Gasteiger partial charge on any atom is 0.422 e. The maximum absolute atomic E-state index is 12.1. The molecule has 0 heterocycles. The molecule has 8 heteroatoms. The van der Waals surface area contributed by atoms with Gasteiger partial charge in [0.05, 0.1) is 6.04 Å². The molecule has 1 unspecified atom stereocenters. The number of nitrogens with one attached hydrogen (secondary N) is 2. The van der Waals surface area contributed by atoms with Gasteiger partial charge in [0.15, 0.2) is 6.61 Å². The third kappa shape index (κ3) is 8.61. The van der Waals surface area contributed by atoms with Crippen LogP contribution in [0.15, 0.2) is 24.3 Å². The Morgan fingerprint density at radius 3 is 2.50 bits per heavy atom. The van der Waals surface area contributed by atoms with Crippen molar-refractivity contribution in [3.05, 3.63) is 29.8 Å². The third-order valence-corrected chi connectivity index (χ3v) is 3.09. The van der Waals surface area contributed by atoms with Crippen LogP contribution in [-0.4, -0.2) is 38.6 Å². The Morgan fingerprint density at radius 2 is 1.92 bits per heavy atom. The number of ether oxygens (including phenoxy) is 2. The fourth-order valence-corrected chi connectivity index (χ4v) is 1.87. The van der Waals surface area contributed by atoms with Gasteiger partial charge in [-0.3, -0.25) is 0 Å². The lowest BCUT2D eigenvalue weighted by Crippen LogP contribution is -2.37. The second kappa shape index (κ2) is 10.0. The van der Waals surface area contributed by atoms with E-state index in [1.54, 1.807) is 19.1 Å². The molecule has 0 fully saturated rings. The summed E-state index contributed by atoms with van der Waals surface area (Å²) in [6, 6.07) is 5.53. The van der Waals surface area contributed by atoms with Crippen molar-refractivity contribution in [2.75, 3.05) is 26.4 Å². The van der Waals surface area contributed by atoms with Gasteiger partial charge in [0.2, 0.25) is 0 Å². The zero-order chi connectivity index (χ0) is 18.0. The second-order valence-electron chi connectivity index (χ2n) is 5.15. The first kappa shape index (κ1) is 20.1. The van der Waals surface area contributed by atoms with Gasteiger partial charge in [0.1, 0.15) is 5.75 Å². The molecule has 2 amide bonds. The predicted molar refractivity (Wildman–Crippen MR) is 84.1 cm³/mol. The number of amides is 2. The highest BCUT2D eigenvalue weighted by Crippen LogP contribution is 2.20. The van der Waals surface area contributed by atoms with Gasteiger partial charge in [-0.05, 0) is 38.0 Å². The third-order valence-electron chi connectivity index (χ3n) is 3.09. The predicted octanol–water partition coefficient (Wildman–Crippen LogP) is 3.41. The average Bonchev–Trinajstić information content (AvgIpc) is 2.52. The Hall–Kier alpha value is -1.96. The molecule has 0 aromatic heterocycles. The normalized spacial score (nSPS) is 12.5. The Balaban J connectivity index is 2.36. The minimum atomic E-state index is -4.37. The van der Waals surface area contributed by atoms with Gasteiger partial charge in [-0.25, -0.2) is 4.79 Å². The Morgan fingerprint density at radius 1 is 1.25 bits per heavy atom. The summed E-state index contributed by atoms with van der Waals surface area (Å²) in [5.41, 5.74) is 0.763. The summed E-state index contributed by atoms with van der Waals surface area (Å²) in [4.78, 5) is 11.7. The van der Waals surface area contributed by atoms with E-state index in [1.165, 1.54) is 12.1 Å². The highest BCUT2D eigenvalue weighted by Gasteiger charge is 2.28. The fourth-order valence-electron chi connectivity index (χ4n) is 1.87. The van der Waals surface area contributed by atoms with Crippen molar-refractivity contribution in [1.29, 1.82) is 0 Å². The maximum atomic E-state index is 12.1. The molecule has 136 valence electrons. The van der Waals surface area contributed by atoms with Crippen LogP contribution in [0.4, 0.5) is 18.0 Å². The number of hydrogen-bond acceptors (Lipinski definition) is 3. The van der Waals surface area contributed by atoms with Crippen LogP contribution in [0.2, 0.25) is 0 Å². The Bertz CT molecular complexity index is 492. The summed E-state index contributed by atoms with van der Waals surface area (Å²) in [5.74, 6) is 0.128. The minimum absolute atomic E-state index is 0.128. The highest BCUT2D eigenvalue weighted by atomic mass is 19.4. The van der Waals surface area contributed by atoms with Crippen molar-refractivity contribution in [3.8, 4) is 5.75 Å². The smallest absolute Gasteiger partial charge is 0.422 e. The molecule has 1 aromatic rings. The molecule has 0 spiro atoms. The largest absolute Gasteiger partial charge is 0.484 e. The van der Waals surface area contributed by atoms with E-state index in [1.807, 2.05) is 6.92 Å². The zero-order valence-corrected chi connectivity index (χ0v) is 13.8. The number of carbonyl (C=O) groups is 1. The van der Waals surface area contributed by atoms with Gasteiger partial charge in [-0.15, -0.1) is 0 Å². The number of halogens is 3. The van der Waals surface area contributed by atoms with Crippen LogP contribution in [0.25, 0.3) is 0 Å². The number of rotatable bonds is 9. The van der Waals surface area contributed by atoms with Crippen molar-refractivity contribution in [2.45, 2.75) is 32.5 Å². The molecular weight excluding hydrogens is 325 g/mol. The SMILES string of the molecule is CCOCCCNC(=O)NC(C)c1ccc(OCC(F)(F)F)cc1. The van der Waals surface area contributed by atoms with E-state index in [4.69, 9.17) is 4.74 Å². The van der Waals surface area contributed by atoms with E-state index in [-0.39, 0.29) is 17.8 Å². The van der Waals surface area contributed by atoms with Gasteiger partial charge < -0.3 is 20.1 Å². The molecule has 0 radical (unpaired) electrons. The first-order valence-electron chi connectivity index (χ1n) is 7.73. The second-order valence-corrected chi connectivity index (χ2v) is 5.15. The number of benzene rings is 1. The number of urea groups is 1. The fraction of sp³-hybridized carbons (Fsp3) is 0.562. The summed E-state index contributed by atoms with van der Waals surface area (Å²) in [5, 5.41) is 5.46. The Kier molecular flexibility index (Phi) is 8.39. The summed E-state index contributed by atoms with van der Waals surface area (Å²) in [6.07, 6.45) is -3.64. The quantitative estimate of drug-likeness (QED) is 0.673. The van der Waals surface area contributed by atoms with E-state index in [9.17, 15) is 18.0 Å². The highest BCUT2D eigenvalue weighted by molar-refractivity contribution is 5.74. The standard InChI is InChI=1S/C16H23F3N2O3/c1-3-23-10-4-9-20-15(22)21-12(2)13-5-7-14(8-6-13)24-11-16(17,18)19/h5-8,12H,3-4,9-11H2,1-2H3,(H2,20,21,22). The molecular formula is C16H23F3N2O3. The number of carbonyl (C=O) groups excluding carboxylic acids is 1. The first-order chi connectivity index (χ1) is 11.3. The molecule has 1 aromatic carbocycles. The lowest BCUT2D eigenvalue weighted by molar-refractivity contribution is -0.153. The summed E-state index contributed by atoms with van der Waals surface area (Å²) < 4.78 is 46.0. The van der Waals surface area contributed by atoms with E-state index in [0.29, 0.717) is 19.8 Å². The van der Waals surface area contributed by atoms with E-state index in [0.717, 1.165) is 12.0 Å². The first-order valence-corrected chi connectivity index (χ1v) is 7.73. The number of alkyl halides is 3. The van der Waals surface area contributed by atoms with Crippen molar-refractivity contribution >= 4 is 6.03 Å². The van der Waals surface area contributed by atoms with Crippen LogP contribution in [0.1, 0.15) is 31.9 Å². The lowest BCUT2D eigenvalue weighted by Gasteiger charge is -2.16. The van der Waals surface area contributed by atoms with E-state index < -0.39 is 12.8 Å². The molecule has 2 N–H and O–H groups in total. The average molecular weight is 348 g/mol. The van der Waals surface area contributed by atoms with Crippen LogP contribution in [0.5, 0.6) is 5.75 Å².